The molecular weight excluding hydrogens is 397 g/mol. The molecule has 3 aromatic heterocycles. The Morgan fingerprint density at radius 1 is 1.13 bits per heavy atom. The van der Waals surface area contributed by atoms with Gasteiger partial charge in [0.1, 0.15) is 11.6 Å². The summed E-state index contributed by atoms with van der Waals surface area (Å²) >= 11 is 0. The van der Waals surface area contributed by atoms with Crippen LogP contribution in [0, 0.1) is 12.7 Å². The van der Waals surface area contributed by atoms with Crippen molar-refractivity contribution in [3.05, 3.63) is 54.2 Å². The second-order valence-electron chi connectivity index (χ2n) is 7.69. The zero-order valence-electron chi connectivity index (χ0n) is 17.0. The summed E-state index contributed by atoms with van der Waals surface area (Å²) in [4.78, 5) is 4.35. The van der Waals surface area contributed by atoms with Crippen molar-refractivity contribution in [2.75, 3.05) is 18.8 Å². The smallest absolute Gasteiger partial charge is 0.190 e. The fraction of sp³-hybridized carbons (Fsp3) is 0.286. The molecule has 0 saturated carbocycles. The van der Waals surface area contributed by atoms with Gasteiger partial charge in [0.25, 0.3) is 0 Å². The van der Waals surface area contributed by atoms with E-state index in [0.717, 1.165) is 37.1 Å². The van der Waals surface area contributed by atoms with Gasteiger partial charge in [0.15, 0.2) is 5.82 Å². The summed E-state index contributed by atoms with van der Waals surface area (Å²) in [7, 11) is 0. The molecule has 1 aliphatic rings. The predicted molar refractivity (Wildman–Crippen MR) is 114 cm³/mol. The second-order valence-corrected chi connectivity index (χ2v) is 7.69. The molecule has 0 atom stereocenters. The third kappa shape index (κ3) is 3.66. The zero-order chi connectivity index (χ0) is 21.4. The van der Waals surface area contributed by atoms with Gasteiger partial charge in [-0.05, 0) is 67.0 Å². The van der Waals surface area contributed by atoms with Crippen molar-refractivity contribution in [2.45, 2.75) is 25.8 Å². The van der Waals surface area contributed by atoms with Crippen LogP contribution in [0.5, 0.6) is 0 Å². The number of nitrogens with one attached hydrogen (secondary N) is 1. The number of aryl methyl sites for hydroxylation is 1. The number of tetrazole rings is 1. The first kappa shape index (κ1) is 19.3. The number of nitrogen functional groups attached to an aromatic ring is 1. The van der Waals surface area contributed by atoms with Crippen molar-refractivity contribution in [2.24, 2.45) is 0 Å². The molecule has 1 fully saturated rings. The fourth-order valence-electron chi connectivity index (χ4n) is 3.81. The summed E-state index contributed by atoms with van der Waals surface area (Å²) in [6, 6.07) is 7.11. The predicted octanol–water partition coefficient (Wildman–Crippen LogP) is 2.54. The van der Waals surface area contributed by atoms with Crippen molar-refractivity contribution in [1.29, 1.82) is 0 Å². The van der Waals surface area contributed by atoms with Gasteiger partial charge in [0, 0.05) is 23.5 Å². The van der Waals surface area contributed by atoms with Crippen LogP contribution < -0.4 is 11.1 Å². The van der Waals surface area contributed by atoms with Gasteiger partial charge in [-0.1, -0.05) is 6.07 Å². The van der Waals surface area contributed by atoms with Crippen LogP contribution in [0.1, 0.15) is 24.4 Å². The number of pyridine rings is 1. The molecule has 0 aliphatic carbocycles. The van der Waals surface area contributed by atoms with E-state index >= 15 is 0 Å². The largest absolute Gasteiger partial charge is 0.383 e. The van der Waals surface area contributed by atoms with Gasteiger partial charge in [-0.2, -0.15) is 9.78 Å². The van der Waals surface area contributed by atoms with E-state index in [-0.39, 0.29) is 11.6 Å². The summed E-state index contributed by atoms with van der Waals surface area (Å²) in [6.07, 6.45) is 7.67. The lowest BCUT2D eigenvalue weighted by molar-refractivity contribution is 0.343. The van der Waals surface area contributed by atoms with Gasteiger partial charge in [0.05, 0.1) is 23.5 Å². The van der Waals surface area contributed by atoms with Crippen LogP contribution >= 0.6 is 0 Å². The molecular formula is C21H22FN9. The lowest BCUT2D eigenvalue weighted by Gasteiger charge is -2.22. The van der Waals surface area contributed by atoms with Crippen LogP contribution in [0.3, 0.4) is 0 Å². The third-order valence-electron chi connectivity index (χ3n) is 5.65. The van der Waals surface area contributed by atoms with E-state index in [9.17, 15) is 4.39 Å². The monoisotopic (exact) mass is 419 g/mol. The second kappa shape index (κ2) is 7.88. The van der Waals surface area contributed by atoms with Crippen LogP contribution in [0.15, 0.2) is 42.9 Å². The number of nitrogens with two attached hydrogens (primary N) is 1. The van der Waals surface area contributed by atoms with Crippen molar-refractivity contribution in [3.63, 3.8) is 0 Å². The van der Waals surface area contributed by atoms with Gasteiger partial charge in [0.2, 0.25) is 0 Å². The van der Waals surface area contributed by atoms with Gasteiger partial charge in [-0.15, -0.1) is 5.10 Å². The maximum atomic E-state index is 14.1. The van der Waals surface area contributed by atoms with E-state index in [2.05, 4.69) is 30.9 Å². The topological polar surface area (TPSA) is 112 Å². The van der Waals surface area contributed by atoms with Crippen LogP contribution in [0.25, 0.3) is 28.2 Å². The Hall–Kier alpha value is -3.66. The minimum absolute atomic E-state index is 0.290. The lowest BCUT2D eigenvalue weighted by atomic mass is 10.1. The van der Waals surface area contributed by atoms with E-state index in [0.29, 0.717) is 28.7 Å². The number of halogens is 1. The summed E-state index contributed by atoms with van der Waals surface area (Å²) in [5, 5.41) is 19.8. The number of anilines is 1. The molecule has 0 amide bonds. The summed E-state index contributed by atoms with van der Waals surface area (Å²) in [6.45, 7) is 3.69. The Kier molecular flexibility index (Phi) is 4.91. The summed E-state index contributed by atoms with van der Waals surface area (Å²) in [5.41, 5.74) is 9.58. The van der Waals surface area contributed by atoms with Gasteiger partial charge in [-0.25, -0.2) is 9.37 Å². The maximum Gasteiger partial charge on any atom is 0.190 e. The molecule has 3 N–H and O–H groups in total. The van der Waals surface area contributed by atoms with Crippen LogP contribution in [0.2, 0.25) is 0 Å². The molecule has 0 bridgehead atoms. The van der Waals surface area contributed by atoms with Gasteiger partial charge in [-0.3, -0.25) is 4.68 Å². The molecule has 5 rings (SSSR count). The molecule has 1 saturated heterocycles. The van der Waals surface area contributed by atoms with Crippen molar-refractivity contribution < 1.29 is 4.39 Å². The molecule has 0 radical (unpaired) electrons. The maximum absolute atomic E-state index is 14.1. The molecule has 4 heterocycles. The highest BCUT2D eigenvalue weighted by Gasteiger charge is 2.19. The molecule has 4 aromatic rings. The Morgan fingerprint density at radius 2 is 1.97 bits per heavy atom. The van der Waals surface area contributed by atoms with E-state index in [1.807, 2.05) is 23.1 Å². The number of rotatable bonds is 4. The number of hydrogen-bond donors (Lipinski definition) is 2. The number of hydrogen-bond acceptors (Lipinski definition) is 7. The molecule has 1 aliphatic heterocycles. The Bertz CT molecular complexity index is 1220. The molecule has 31 heavy (non-hydrogen) atoms. The molecule has 9 nitrogen and oxygen atoms in total. The minimum atomic E-state index is -0.330. The van der Waals surface area contributed by atoms with E-state index in [1.165, 1.54) is 10.7 Å². The molecule has 0 unspecified atom stereocenters. The van der Waals surface area contributed by atoms with Crippen LogP contribution in [-0.2, 0) is 0 Å². The van der Waals surface area contributed by atoms with Gasteiger partial charge < -0.3 is 11.1 Å². The normalized spacial score (nSPS) is 14.8. The van der Waals surface area contributed by atoms with Crippen molar-refractivity contribution in [3.8, 4) is 28.2 Å². The molecule has 10 heteroatoms. The standard InChI is InChI=1S/C21H22FN9/c1-13-2-3-17(9-19(13)22)31-21(27-28-29-31)18-8-14(10-25-20(18)23)15-11-26-30(12-15)16-4-6-24-7-5-16/h2-3,8-12,16,24H,4-7H2,1H3,(H2,23,25). The first-order valence-corrected chi connectivity index (χ1v) is 10.2. The first-order chi connectivity index (χ1) is 15.1. The van der Waals surface area contributed by atoms with Crippen molar-refractivity contribution in [1.82, 2.24) is 40.3 Å². The summed E-state index contributed by atoms with van der Waals surface area (Å²) in [5.74, 6) is 0.350. The van der Waals surface area contributed by atoms with Crippen LogP contribution in [-0.4, -0.2) is 48.1 Å². The van der Waals surface area contributed by atoms with Gasteiger partial charge >= 0.3 is 0 Å². The average Bonchev–Trinajstić information content (AvgIpc) is 3.47. The highest BCUT2D eigenvalue weighted by molar-refractivity contribution is 5.76. The Morgan fingerprint density at radius 3 is 2.77 bits per heavy atom. The fourth-order valence-corrected chi connectivity index (χ4v) is 3.81. The van der Waals surface area contributed by atoms with E-state index in [1.54, 1.807) is 25.3 Å². The number of piperidine rings is 1. The van der Waals surface area contributed by atoms with E-state index in [4.69, 9.17) is 5.73 Å². The number of aromatic nitrogens is 7. The number of nitrogens with zero attached hydrogens (tertiary/aromatic N) is 7. The number of benzene rings is 1. The third-order valence-corrected chi connectivity index (χ3v) is 5.65. The average molecular weight is 419 g/mol. The first-order valence-electron chi connectivity index (χ1n) is 10.2. The molecule has 158 valence electrons. The quantitative estimate of drug-likeness (QED) is 0.523. The summed E-state index contributed by atoms with van der Waals surface area (Å²) < 4.78 is 17.6. The SMILES string of the molecule is Cc1ccc(-n2nnnc2-c2cc(-c3cnn(C4CCNCC4)c3)cnc2N)cc1F. The minimum Gasteiger partial charge on any atom is -0.383 e. The highest BCUT2D eigenvalue weighted by Crippen LogP contribution is 2.30. The highest BCUT2D eigenvalue weighted by atomic mass is 19.1. The molecule has 0 spiro atoms. The Balaban J connectivity index is 1.51. The van der Waals surface area contributed by atoms with E-state index < -0.39 is 0 Å². The molecule has 1 aromatic carbocycles. The van der Waals surface area contributed by atoms with Crippen molar-refractivity contribution >= 4 is 5.82 Å². The zero-order valence-corrected chi connectivity index (χ0v) is 17.0. The Labute approximate surface area is 178 Å². The van der Waals surface area contributed by atoms with Crippen LogP contribution in [0.4, 0.5) is 10.2 Å². The lowest BCUT2D eigenvalue weighted by Crippen LogP contribution is -2.29.